The Bertz CT molecular complexity index is 1100. The van der Waals surface area contributed by atoms with Crippen molar-refractivity contribution in [2.75, 3.05) is 18.0 Å². The molecule has 1 aliphatic heterocycles. The molecular formula is C20H17Cl2N5. The van der Waals surface area contributed by atoms with Crippen molar-refractivity contribution in [2.24, 2.45) is 0 Å². The summed E-state index contributed by atoms with van der Waals surface area (Å²) in [6.07, 6.45) is 4.39. The molecule has 136 valence electrons. The highest BCUT2D eigenvalue weighted by Crippen LogP contribution is 2.34. The predicted octanol–water partition coefficient (Wildman–Crippen LogP) is 5.53. The average molecular weight is 398 g/mol. The van der Waals surface area contributed by atoms with Crippen molar-refractivity contribution in [3.8, 4) is 22.8 Å². The van der Waals surface area contributed by atoms with Gasteiger partial charge in [-0.3, -0.25) is 0 Å². The van der Waals surface area contributed by atoms with Gasteiger partial charge in [-0.05, 0) is 43.2 Å². The number of H-pyrrole nitrogens is 2. The summed E-state index contributed by atoms with van der Waals surface area (Å²) in [7, 11) is 0. The van der Waals surface area contributed by atoms with E-state index in [0.717, 1.165) is 41.3 Å². The summed E-state index contributed by atoms with van der Waals surface area (Å²) in [6, 6.07) is 11.5. The normalized spacial score (nSPS) is 14.4. The molecule has 5 nitrogen and oxygen atoms in total. The van der Waals surface area contributed by atoms with Crippen LogP contribution in [0, 0.1) is 0 Å². The van der Waals surface area contributed by atoms with E-state index in [9.17, 15) is 0 Å². The van der Waals surface area contributed by atoms with Gasteiger partial charge in [0, 0.05) is 18.7 Å². The number of benzene rings is 2. The summed E-state index contributed by atoms with van der Waals surface area (Å²) in [5.74, 6) is 2.59. The number of fused-ring (bicyclic) bond motifs is 1. The Morgan fingerprint density at radius 1 is 0.926 bits per heavy atom. The highest BCUT2D eigenvalue weighted by atomic mass is 35.5. The summed E-state index contributed by atoms with van der Waals surface area (Å²) >= 11 is 12.6. The van der Waals surface area contributed by atoms with E-state index in [1.807, 2.05) is 42.6 Å². The van der Waals surface area contributed by atoms with Crippen LogP contribution in [0.4, 0.5) is 5.82 Å². The number of rotatable bonds is 3. The molecular weight excluding hydrogens is 381 g/mol. The summed E-state index contributed by atoms with van der Waals surface area (Å²) in [5, 5.41) is 1.14. The Labute approximate surface area is 166 Å². The largest absolute Gasteiger partial charge is 0.357 e. The number of nitrogens with zero attached hydrogens (tertiary/aromatic N) is 3. The third-order valence-corrected chi connectivity index (χ3v) is 5.59. The smallest absolute Gasteiger partial charge is 0.141 e. The lowest BCUT2D eigenvalue weighted by atomic mass is 10.2. The van der Waals surface area contributed by atoms with Crippen LogP contribution in [0.3, 0.4) is 0 Å². The zero-order valence-corrected chi connectivity index (χ0v) is 16.0. The molecule has 0 radical (unpaired) electrons. The fourth-order valence-electron chi connectivity index (χ4n) is 3.58. The lowest BCUT2D eigenvalue weighted by Gasteiger charge is -2.13. The fraction of sp³-hybridized carbons (Fsp3) is 0.200. The van der Waals surface area contributed by atoms with Crippen LogP contribution in [-0.4, -0.2) is 33.0 Å². The number of anilines is 1. The molecule has 0 atom stereocenters. The van der Waals surface area contributed by atoms with Crippen LogP contribution in [0.5, 0.6) is 0 Å². The van der Waals surface area contributed by atoms with Crippen molar-refractivity contribution >= 4 is 40.1 Å². The van der Waals surface area contributed by atoms with Gasteiger partial charge in [0.25, 0.3) is 0 Å². The molecule has 1 fully saturated rings. The van der Waals surface area contributed by atoms with E-state index in [0.29, 0.717) is 21.4 Å². The Hall–Kier alpha value is -2.50. The molecule has 0 spiro atoms. The Kier molecular flexibility index (Phi) is 4.06. The van der Waals surface area contributed by atoms with Gasteiger partial charge in [0.2, 0.25) is 0 Å². The Balaban J connectivity index is 1.53. The van der Waals surface area contributed by atoms with Gasteiger partial charge in [-0.2, -0.15) is 0 Å². The first-order chi connectivity index (χ1) is 13.2. The first-order valence-corrected chi connectivity index (χ1v) is 9.69. The van der Waals surface area contributed by atoms with Crippen molar-refractivity contribution in [2.45, 2.75) is 12.8 Å². The number of aromatic nitrogens is 4. The molecule has 27 heavy (non-hydrogen) atoms. The lowest BCUT2D eigenvalue weighted by Crippen LogP contribution is -2.17. The van der Waals surface area contributed by atoms with Gasteiger partial charge in [0.05, 0.1) is 32.8 Å². The summed E-state index contributed by atoms with van der Waals surface area (Å²) in [5.41, 5.74) is 3.50. The molecule has 2 N–H and O–H groups in total. The maximum Gasteiger partial charge on any atom is 0.141 e. The molecule has 3 heterocycles. The molecule has 2 aromatic heterocycles. The zero-order chi connectivity index (χ0) is 18.4. The second kappa shape index (κ2) is 6.59. The number of hydrogen-bond acceptors (Lipinski definition) is 3. The summed E-state index contributed by atoms with van der Waals surface area (Å²) < 4.78 is 0. The topological polar surface area (TPSA) is 60.6 Å². The molecule has 0 amide bonds. The van der Waals surface area contributed by atoms with Gasteiger partial charge in [-0.15, -0.1) is 0 Å². The van der Waals surface area contributed by atoms with E-state index in [4.69, 9.17) is 23.2 Å². The van der Waals surface area contributed by atoms with E-state index >= 15 is 0 Å². The number of aromatic amines is 2. The third kappa shape index (κ3) is 2.97. The molecule has 4 aromatic rings. The average Bonchev–Trinajstić information content (AvgIpc) is 3.40. The Morgan fingerprint density at radius 2 is 1.70 bits per heavy atom. The van der Waals surface area contributed by atoms with Gasteiger partial charge < -0.3 is 14.9 Å². The lowest BCUT2D eigenvalue weighted by molar-refractivity contribution is 0.947. The molecule has 1 aliphatic rings. The molecule has 0 aliphatic carbocycles. The van der Waals surface area contributed by atoms with Crippen molar-refractivity contribution in [1.82, 2.24) is 19.9 Å². The van der Waals surface area contributed by atoms with Gasteiger partial charge in [-0.1, -0.05) is 29.3 Å². The number of hydrogen-bond donors (Lipinski definition) is 2. The van der Waals surface area contributed by atoms with Crippen LogP contribution in [0.15, 0.2) is 42.6 Å². The van der Waals surface area contributed by atoms with Crippen LogP contribution < -0.4 is 4.90 Å². The number of nitrogens with one attached hydrogen (secondary N) is 2. The number of imidazole rings is 2. The number of halogens is 2. The standard InChI is InChI=1S/C20H17Cl2N5/c21-13-4-3-5-14(22)18(13)20-24-15-7-6-12(10-16(15)25-20)19-23-11-17(26-19)27-8-1-2-9-27/h3-7,10-11H,1-2,8-9H2,(H,23,26)(H,24,25). The minimum Gasteiger partial charge on any atom is -0.357 e. The van der Waals surface area contributed by atoms with Crippen molar-refractivity contribution < 1.29 is 0 Å². The second-order valence-electron chi connectivity index (χ2n) is 6.73. The first-order valence-electron chi connectivity index (χ1n) is 8.93. The second-order valence-corrected chi connectivity index (χ2v) is 7.54. The molecule has 2 aromatic carbocycles. The summed E-state index contributed by atoms with van der Waals surface area (Å²) in [4.78, 5) is 18.3. The first kappa shape index (κ1) is 16.7. The van der Waals surface area contributed by atoms with Gasteiger partial charge in [0.15, 0.2) is 0 Å². The highest BCUT2D eigenvalue weighted by Gasteiger charge is 2.16. The molecule has 5 rings (SSSR count). The van der Waals surface area contributed by atoms with Crippen molar-refractivity contribution in [1.29, 1.82) is 0 Å². The highest BCUT2D eigenvalue weighted by molar-refractivity contribution is 6.39. The van der Waals surface area contributed by atoms with E-state index in [-0.39, 0.29) is 0 Å². The SMILES string of the molecule is Clc1cccc(Cl)c1-c1nc2ccc(-c3ncc(N4CCCC4)[nH]3)cc2[nH]1. The Morgan fingerprint density at radius 3 is 2.48 bits per heavy atom. The van der Waals surface area contributed by atoms with E-state index < -0.39 is 0 Å². The molecule has 0 unspecified atom stereocenters. The van der Waals surface area contributed by atoms with E-state index in [1.54, 1.807) is 0 Å². The molecule has 0 saturated carbocycles. The maximum atomic E-state index is 6.32. The summed E-state index contributed by atoms with van der Waals surface area (Å²) in [6.45, 7) is 2.17. The fourth-order valence-corrected chi connectivity index (χ4v) is 4.15. The van der Waals surface area contributed by atoms with Crippen LogP contribution in [-0.2, 0) is 0 Å². The van der Waals surface area contributed by atoms with Crippen molar-refractivity contribution in [3.05, 3.63) is 52.6 Å². The minimum absolute atomic E-state index is 0.572. The molecule has 1 saturated heterocycles. The van der Waals surface area contributed by atoms with Crippen LogP contribution in [0.25, 0.3) is 33.8 Å². The molecule has 7 heteroatoms. The quantitative estimate of drug-likeness (QED) is 0.477. The minimum atomic E-state index is 0.572. The van der Waals surface area contributed by atoms with Gasteiger partial charge in [0.1, 0.15) is 17.5 Å². The monoisotopic (exact) mass is 397 g/mol. The third-order valence-electron chi connectivity index (χ3n) is 4.96. The zero-order valence-electron chi connectivity index (χ0n) is 14.5. The van der Waals surface area contributed by atoms with Crippen molar-refractivity contribution in [3.63, 3.8) is 0 Å². The van der Waals surface area contributed by atoms with E-state index in [1.165, 1.54) is 12.8 Å². The van der Waals surface area contributed by atoms with E-state index in [2.05, 4.69) is 24.8 Å². The molecule has 0 bridgehead atoms. The van der Waals surface area contributed by atoms with Gasteiger partial charge in [-0.25, -0.2) is 9.97 Å². The van der Waals surface area contributed by atoms with Gasteiger partial charge >= 0.3 is 0 Å². The van der Waals surface area contributed by atoms with Crippen LogP contribution >= 0.6 is 23.2 Å². The predicted molar refractivity (Wildman–Crippen MR) is 111 cm³/mol. The van der Waals surface area contributed by atoms with Crippen LogP contribution in [0.1, 0.15) is 12.8 Å². The van der Waals surface area contributed by atoms with Crippen LogP contribution in [0.2, 0.25) is 10.0 Å². The maximum absolute atomic E-state index is 6.32.